The van der Waals surface area contributed by atoms with Crippen molar-refractivity contribution in [2.45, 2.75) is 13.3 Å². The van der Waals surface area contributed by atoms with E-state index in [1.165, 1.54) is 49.4 Å². The van der Waals surface area contributed by atoms with Gasteiger partial charge >= 0.3 is 0 Å². The summed E-state index contributed by atoms with van der Waals surface area (Å²) >= 11 is 5.81. The van der Waals surface area contributed by atoms with Gasteiger partial charge in [0.15, 0.2) is 0 Å². The van der Waals surface area contributed by atoms with Gasteiger partial charge in [-0.1, -0.05) is 23.7 Å². The molecule has 0 heterocycles. The van der Waals surface area contributed by atoms with Crippen LogP contribution in [0.2, 0.25) is 0 Å². The Labute approximate surface area is 134 Å². The molecule has 22 heavy (non-hydrogen) atoms. The minimum absolute atomic E-state index is 0.0764. The first-order valence-corrected chi connectivity index (χ1v) is 7.15. The average molecular weight is 346 g/mol. The van der Waals surface area contributed by atoms with Crippen LogP contribution in [0.25, 0.3) is 0 Å². The van der Waals surface area contributed by atoms with Crippen molar-refractivity contribution >= 4 is 37.7 Å². The monoisotopic (exact) mass is 345 g/mol. The van der Waals surface area contributed by atoms with Crippen LogP contribution in [0.15, 0.2) is 53.3 Å². The molecule has 1 aromatic rings. The summed E-state index contributed by atoms with van der Waals surface area (Å²) in [7, 11) is 2.36. The molecular weight excluding hydrogens is 331 g/mol. The number of benzene rings is 1. The van der Waals surface area contributed by atoms with Crippen molar-refractivity contribution in [1.82, 2.24) is 0 Å². The number of carbonyl (C=O) groups is 1. The van der Waals surface area contributed by atoms with Gasteiger partial charge in [-0.25, -0.2) is 8.78 Å². The molecule has 1 amide bonds. The van der Waals surface area contributed by atoms with Crippen LogP contribution in [-0.4, -0.2) is 11.0 Å². The summed E-state index contributed by atoms with van der Waals surface area (Å²) in [4.78, 5) is 11.7. The van der Waals surface area contributed by atoms with E-state index in [9.17, 15) is 13.6 Å². The lowest BCUT2D eigenvalue weighted by atomic mass is 10.2. The van der Waals surface area contributed by atoms with Crippen LogP contribution in [0.4, 0.5) is 14.5 Å². The van der Waals surface area contributed by atoms with Gasteiger partial charge in [-0.15, -0.1) is 9.24 Å². The smallest absolute Gasteiger partial charge is 0.263 e. The van der Waals surface area contributed by atoms with E-state index in [0.29, 0.717) is 5.30 Å². The second kappa shape index (κ2) is 8.66. The molecule has 7 heteroatoms. The van der Waals surface area contributed by atoms with Crippen LogP contribution in [0.3, 0.4) is 0 Å². The molecule has 118 valence electrons. The Bertz CT molecular complexity index is 638. The highest BCUT2D eigenvalue weighted by Crippen LogP contribution is 2.21. The Morgan fingerprint density at radius 1 is 1.36 bits per heavy atom. The van der Waals surface area contributed by atoms with Gasteiger partial charge in [0.1, 0.15) is 0 Å². The molecule has 1 aromatic carbocycles. The van der Waals surface area contributed by atoms with Crippen molar-refractivity contribution in [2.75, 3.05) is 5.32 Å². The third-order valence-electron chi connectivity index (χ3n) is 2.46. The number of hydrogen-bond acceptors (Lipinski definition) is 2. The average Bonchev–Trinajstić information content (AvgIpc) is 2.45. The van der Waals surface area contributed by atoms with Crippen molar-refractivity contribution < 1.29 is 18.7 Å². The molecule has 2 N–H and O–H groups in total. The van der Waals surface area contributed by atoms with Crippen LogP contribution < -0.4 is 10.6 Å². The van der Waals surface area contributed by atoms with Gasteiger partial charge in [0.25, 0.3) is 6.43 Å². The van der Waals surface area contributed by atoms with Crippen molar-refractivity contribution in [2.24, 2.45) is 0 Å². The van der Waals surface area contributed by atoms with Crippen LogP contribution in [0.5, 0.6) is 0 Å². The van der Waals surface area contributed by atoms with E-state index in [2.05, 4.69) is 14.6 Å². The van der Waals surface area contributed by atoms with Crippen molar-refractivity contribution in [3.63, 3.8) is 0 Å². The molecule has 0 aliphatic carbocycles. The Morgan fingerprint density at radius 2 is 2.05 bits per heavy atom. The molecule has 0 fully saturated rings. The van der Waals surface area contributed by atoms with Gasteiger partial charge in [-0.3, -0.25) is 4.79 Å². The third-order valence-corrected chi connectivity index (χ3v) is 3.22. The van der Waals surface area contributed by atoms with Gasteiger partial charge in [0.2, 0.25) is 5.91 Å². The van der Waals surface area contributed by atoms with E-state index in [-0.39, 0.29) is 22.0 Å². The maximum absolute atomic E-state index is 12.6. The Hall–Kier alpha value is -1.71. The largest absolute Gasteiger partial charge is 0.513 e. The second-order valence-corrected chi connectivity index (χ2v) is 5.39. The molecule has 0 saturated heterocycles. The van der Waals surface area contributed by atoms with Crippen molar-refractivity contribution in [3.8, 4) is 0 Å². The number of anilines is 1. The minimum atomic E-state index is -2.61. The van der Waals surface area contributed by atoms with E-state index in [0.717, 1.165) is 0 Å². The molecular formula is C15H15ClF2NO2P. The molecule has 3 nitrogen and oxygen atoms in total. The van der Waals surface area contributed by atoms with Crippen LogP contribution in [-0.2, 0) is 4.79 Å². The van der Waals surface area contributed by atoms with Crippen LogP contribution >= 0.6 is 20.8 Å². The van der Waals surface area contributed by atoms with E-state index in [4.69, 9.17) is 16.7 Å². The summed E-state index contributed by atoms with van der Waals surface area (Å²) in [6.45, 7) is 1.48. The highest BCUT2D eigenvalue weighted by Gasteiger charge is 2.10. The molecule has 0 spiro atoms. The number of aliphatic hydroxyl groups excluding tert-OH is 1. The summed E-state index contributed by atoms with van der Waals surface area (Å²) in [6, 6.07) is 3.99. The van der Waals surface area contributed by atoms with Gasteiger partial charge in [0.05, 0.1) is 5.76 Å². The van der Waals surface area contributed by atoms with E-state index < -0.39 is 12.3 Å². The molecule has 1 atom stereocenters. The molecule has 0 radical (unpaired) electrons. The summed E-state index contributed by atoms with van der Waals surface area (Å²) in [5, 5.41) is 12.3. The minimum Gasteiger partial charge on any atom is -0.513 e. The first-order chi connectivity index (χ1) is 10.3. The van der Waals surface area contributed by atoms with Gasteiger partial charge in [0, 0.05) is 22.4 Å². The summed E-state index contributed by atoms with van der Waals surface area (Å²) in [6.07, 6.45) is 2.67. The number of halogens is 3. The van der Waals surface area contributed by atoms with E-state index >= 15 is 0 Å². The Morgan fingerprint density at radius 3 is 2.64 bits per heavy atom. The molecule has 1 unspecified atom stereocenters. The molecule has 0 aliphatic rings. The summed E-state index contributed by atoms with van der Waals surface area (Å²) in [5.74, 6) is -0.432. The van der Waals surface area contributed by atoms with Gasteiger partial charge in [-0.2, -0.15) is 0 Å². The fourth-order valence-electron chi connectivity index (χ4n) is 1.40. The zero-order valence-electron chi connectivity index (χ0n) is 11.7. The fraction of sp³-hybridized carbons (Fsp3) is 0.133. The van der Waals surface area contributed by atoms with Crippen molar-refractivity contribution in [3.05, 3.63) is 58.9 Å². The lowest BCUT2D eigenvalue weighted by Gasteiger charge is -2.08. The summed E-state index contributed by atoms with van der Waals surface area (Å²) < 4.78 is 25.3. The predicted octanol–water partition coefficient (Wildman–Crippen LogP) is 4.20. The zero-order valence-corrected chi connectivity index (χ0v) is 13.6. The highest BCUT2D eigenvalue weighted by atomic mass is 35.5. The summed E-state index contributed by atoms with van der Waals surface area (Å²) in [5.41, 5.74) is 0.107. The maximum atomic E-state index is 12.6. The molecule has 1 rings (SSSR count). The zero-order chi connectivity index (χ0) is 16.7. The topological polar surface area (TPSA) is 49.3 Å². The Balaban J connectivity index is 2.79. The SMILES string of the molecule is C\C(O)=C/C=C(Cl)\C=C\C(=O)Nc1cc(C(F)F)ccc1P. The van der Waals surface area contributed by atoms with Crippen molar-refractivity contribution in [1.29, 1.82) is 0 Å². The number of nitrogens with one attached hydrogen (secondary N) is 1. The number of aliphatic hydroxyl groups is 1. The Kier molecular flexibility index (Phi) is 7.22. The van der Waals surface area contributed by atoms with Crippen LogP contribution in [0, 0.1) is 0 Å². The highest BCUT2D eigenvalue weighted by molar-refractivity contribution is 7.28. The molecule has 0 aromatic heterocycles. The lowest BCUT2D eigenvalue weighted by Crippen LogP contribution is -2.13. The van der Waals surface area contributed by atoms with Crippen LogP contribution in [0.1, 0.15) is 18.9 Å². The van der Waals surface area contributed by atoms with Gasteiger partial charge < -0.3 is 10.4 Å². The fourth-order valence-corrected chi connectivity index (χ4v) is 1.78. The lowest BCUT2D eigenvalue weighted by molar-refractivity contribution is -0.111. The number of rotatable bonds is 5. The number of carbonyl (C=O) groups excluding carboxylic acids is 1. The number of alkyl halides is 2. The van der Waals surface area contributed by atoms with E-state index in [1.807, 2.05) is 0 Å². The predicted molar refractivity (Wildman–Crippen MR) is 88.8 cm³/mol. The van der Waals surface area contributed by atoms with E-state index in [1.54, 1.807) is 0 Å². The second-order valence-electron chi connectivity index (χ2n) is 4.33. The normalized spacial score (nSPS) is 13.0. The molecule has 0 bridgehead atoms. The number of hydrogen-bond donors (Lipinski definition) is 2. The quantitative estimate of drug-likeness (QED) is 0.363. The van der Waals surface area contributed by atoms with Gasteiger partial charge in [-0.05, 0) is 36.5 Å². The first kappa shape index (κ1) is 18.3. The third kappa shape index (κ3) is 6.37. The molecule has 0 saturated carbocycles. The maximum Gasteiger partial charge on any atom is 0.263 e. The molecule has 0 aliphatic heterocycles. The standard InChI is InChI=1S/C15H15ClF2NO2P/c1-9(20)2-4-11(16)5-7-14(21)19-12-8-10(15(17)18)3-6-13(12)22/h2-8,15,20H,22H2,1H3,(H,19,21)/b7-5+,9-2+,11-4+. The number of amides is 1. The first-order valence-electron chi connectivity index (χ1n) is 6.19. The number of allylic oxidation sites excluding steroid dienone is 5.